The summed E-state index contributed by atoms with van der Waals surface area (Å²) in [4.78, 5) is 26.0. The first kappa shape index (κ1) is 15.8. The van der Waals surface area contributed by atoms with E-state index in [-0.39, 0.29) is 23.7 Å². The van der Waals surface area contributed by atoms with Gasteiger partial charge >= 0.3 is 0 Å². The van der Waals surface area contributed by atoms with Crippen LogP contribution < -0.4 is 5.32 Å². The molecule has 21 heavy (non-hydrogen) atoms. The van der Waals surface area contributed by atoms with Crippen LogP contribution in [0.4, 0.5) is 0 Å². The first-order chi connectivity index (χ1) is 9.71. The molecule has 1 aliphatic rings. The fourth-order valence-electron chi connectivity index (χ4n) is 2.64. The molecule has 0 unspecified atom stereocenters. The summed E-state index contributed by atoms with van der Waals surface area (Å²) >= 11 is 0. The van der Waals surface area contributed by atoms with Gasteiger partial charge in [0.05, 0.1) is 5.60 Å². The lowest BCUT2D eigenvalue weighted by Gasteiger charge is -2.40. The first-order valence-corrected chi connectivity index (χ1v) is 7.41. The highest BCUT2D eigenvalue weighted by Gasteiger charge is 2.36. The summed E-state index contributed by atoms with van der Waals surface area (Å²) in [5.41, 5.74) is 0.283. The van der Waals surface area contributed by atoms with Gasteiger partial charge in [-0.05, 0) is 44.1 Å². The third-order valence-corrected chi connectivity index (χ3v) is 4.45. The second-order valence-corrected chi connectivity index (χ2v) is 6.93. The summed E-state index contributed by atoms with van der Waals surface area (Å²) in [6.45, 7) is 6.11. The van der Waals surface area contributed by atoms with Gasteiger partial charge in [0.15, 0.2) is 5.78 Å². The van der Waals surface area contributed by atoms with E-state index in [1.807, 2.05) is 0 Å². The van der Waals surface area contributed by atoms with Crippen LogP contribution in [0.2, 0.25) is 0 Å². The number of aromatic nitrogens is 1. The fourth-order valence-corrected chi connectivity index (χ4v) is 2.64. The lowest BCUT2D eigenvalue weighted by Crippen LogP contribution is -2.46. The lowest BCUT2D eigenvalue weighted by atomic mass is 9.71. The summed E-state index contributed by atoms with van der Waals surface area (Å²) in [5.74, 6) is -0.376. The number of carbonyl (C=O) groups excluding carboxylic acids is 2. The number of hydrogen-bond donors (Lipinski definition) is 3. The van der Waals surface area contributed by atoms with Crippen LogP contribution in [-0.2, 0) is 0 Å². The van der Waals surface area contributed by atoms with Crippen LogP contribution in [0.25, 0.3) is 0 Å². The molecule has 2 rings (SSSR count). The quantitative estimate of drug-likeness (QED) is 0.745. The third kappa shape index (κ3) is 3.94. The molecule has 0 bridgehead atoms. The molecule has 0 aliphatic heterocycles. The van der Waals surface area contributed by atoms with Crippen molar-refractivity contribution in [3.63, 3.8) is 0 Å². The van der Waals surface area contributed by atoms with E-state index in [1.165, 1.54) is 19.2 Å². The first-order valence-electron chi connectivity index (χ1n) is 7.41. The normalized spacial score (nSPS) is 20.0. The Bertz CT molecular complexity index is 535. The Balaban J connectivity index is 1.90. The molecular formula is C16H24N2O3. The van der Waals surface area contributed by atoms with Gasteiger partial charge in [-0.25, -0.2) is 0 Å². The Morgan fingerprint density at radius 3 is 2.43 bits per heavy atom. The monoisotopic (exact) mass is 292 g/mol. The minimum absolute atomic E-state index is 0.0848. The number of ketones is 1. The maximum atomic E-state index is 12.0. The number of Topliss-reactive ketones (excluding diaryl/α,β-unsaturated/α-hetero) is 1. The summed E-state index contributed by atoms with van der Waals surface area (Å²) in [6.07, 6.45) is 4.83. The number of H-pyrrole nitrogens is 1. The molecule has 3 N–H and O–H groups in total. The second-order valence-electron chi connectivity index (χ2n) is 6.93. The zero-order valence-corrected chi connectivity index (χ0v) is 13.0. The average molecular weight is 292 g/mol. The van der Waals surface area contributed by atoms with Crippen molar-refractivity contribution in [3.05, 3.63) is 23.5 Å². The van der Waals surface area contributed by atoms with Gasteiger partial charge in [0.1, 0.15) is 5.69 Å². The predicted octanol–water partition coefficient (Wildman–Crippen LogP) is 2.28. The molecule has 5 heteroatoms. The standard InChI is InChI=1S/C16H24N2O3/c1-11(19)12-8-13(17-9-12)14(20)18-10-16(21)6-4-15(2,3)5-7-16/h8-9,17,21H,4-7,10H2,1-3H3,(H,18,20). The van der Waals surface area contributed by atoms with Gasteiger partial charge in [-0.15, -0.1) is 0 Å². The minimum atomic E-state index is -0.818. The van der Waals surface area contributed by atoms with Crippen molar-refractivity contribution in [1.29, 1.82) is 0 Å². The van der Waals surface area contributed by atoms with Crippen molar-refractivity contribution in [3.8, 4) is 0 Å². The van der Waals surface area contributed by atoms with E-state index in [1.54, 1.807) is 0 Å². The molecule has 1 aromatic heterocycles. The van der Waals surface area contributed by atoms with Crippen LogP contribution in [0.15, 0.2) is 12.3 Å². The van der Waals surface area contributed by atoms with Crippen LogP contribution in [0.3, 0.4) is 0 Å². The van der Waals surface area contributed by atoms with E-state index in [2.05, 4.69) is 24.1 Å². The largest absolute Gasteiger partial charge is 0.388 e. The highest BCUT2D eigenvalue weighted by atomic mass is 16.3. The van der Waals surface area contributed by atoms with Crippen molar-refractivity contribution in [2.75, 3.05) is 6.54 Å². The molecule has 0 saturated heterocycles. The Labute approximate surface area is 125 Å². The number of nitrogens with one attached hydrogen (secondary N) is 2. The van der Waals surface area contributed by atoms with Gasteiger partial charge in [0.2, 0.25) is 0 Å². The molecule has 0 aromatic carbocycles. The van der Waals surface area contributed by atoms with E-state index in [9.17, 15) is 14.7 Å². The van der Waals surface area contributed by atoms with Crippen molar-refractivity contribution in [2.45, 2.75) is 52.1 Å². The van der Waals surface area contributed by atoms with Gasteiger partial charge in [-0.2, -0.15) is 0 Å². The summed E-state index contributed by atoms with van der Waals surface area (Å²) in [6, 6.07) is 1.53. The Hall–Kier alpha value is -1.62. The van der Waals surface area contributed by atoms with Gasteiger partial charge in [-0.1, -0.05) is 13.8 Å². The van der Waals surface area contributed by atoms with Crippen molar-refractivity contribution >= 4 is 11.7 Å². The van der Waals surface area contributed by atoms with Crippen LogP contribution in [0.5, 0.6) is 0 Å². The molecule has 1 saturated carbocycles. The molecular weight excluding hydrogens is 268 g/mol. The zero-order chi connectivity index (χ0) is 15.7. The summed E-state index contributed by atoms with van der Waals surface area (Å²) in [7, 11) is 0. The molecule has 0 radical (unpaired) electrons. The number of aliphatic hydroxyl groups is 1. The molecule has 1 fully saturated rings. The van der Waals surface area contributed by atoms with E-state index >= 15 is 0 Å². The summed E-state index contributed by atoms with van der Waals surface area (Å²) < 4.78 is 0. The Kier molecular flexibility index (Phi) is 4.23. The highest BCUT2D eigenvalue weighted by molar-refractivity contribution is 5.99. The van der Waals surface area contributed by atoms with E-state index in [0.29, 0.717) is 24.1 Å². The molecule has 0 spiro atoms. The Morgan fingerprint density at radius 2 is 1.90 bits per heavy atom. The molecule has 1 aromatic rings. The number of carbonyl (C=O) groups is 2. The number of amides is 1. The van der Waals surface area contributed by atoms with Gasteiger partial charge in [0.25, 0.3) is 5.91 Å². The van der Waals surface area contributed by atoms with Crippen molar-refractivity contribution in [2.24, 2.45) is 5.41 Å². The minimum Gasteiger partial charge on any atom is -0.388 e. The zero-order valence-electron chi connectivity index (χ0n) is 13.0. The number of aromatic amines is 1. The van der Waals surface area contributed by atoms with Crippen molar-refractivity contribution < 1.29 is 14.7 Å². The maximum absolute atomic E-state index is 12.0. The topological polar surface area (TPSA) is 82.2 Å². The number of hydrogen-bond acceptors (Lipinski definition) is 3. The summed E-state index contributed by atoms with van der Waals surface area (Å²) in [5, 5.41) is 13.3. The van der Waals surface area contributed by atoms with Crippen molar-refractivity contribution in [1.82, 2.24) is 10.3 Å². The SMILES string of the molecule is CC(=O)c1c[nH]c(C(=O)NCC2(O)CCC(C)(C)CC2)c1. The lowest BCUT2D eigenvalue weighted by molar-refractivity contribution is -0.0233. The predicted molar refractivity (Wildman–Crippen MR) is 80.3 cm³/mol. The van der Waals surface area contributed by atoms with Gasteiger partial charge < -0.3 is 15.4 Å². The molecule has 5 nitrogen and oxygen atoms in total. The Morgan fingerprint density at radius 1 is 1.29 bits per heavy atom. The second kappa shape index (κ2) is 5.64. The van der Waals surface area contributed by atoms with Crippen LogP contribution in [0.1, 0.15) is 67.3 Å². The highest BCUT2D eigenvalue weighted by Crippen LogP contribution is 2.39. The van der Waals surface area contributed by atoms with Gasteiger partial charge in [-0.3, -0.25) is 9.59 Å². The van der Waals surface area contributed by atoms with Crippen LogP contribution >= 0.6 is 0 Å². The molecule has 1 aliphatic carbocycles. The van der Waals surface area contributed by atoms with E-state index in [4.69, 9.17) is 0 Å². The third-order valence-electron chi connectivity index (χ3n) is 4.45. The number of rotatable bonds is 4. The van der Waals surface area contributed by atoms with Gasteiger partial charge in [0, 0.05) is 18.3 Å². The molecule has 116 valence electrons. The average Bonchev–Trinajstić information content (AvgIpc) is 2.90. The van der Waals surface area contributed by atoms with E-state index in [0.717, 1.165) is 12.8 Å². The fraction of sp³-hybridized carbons (Fsp3) is 0.625. The molecule has 1 amide bonds. The molecule has 0 atom stereocenters. The van der Waals surface area contributed by atoms with E-state index < -0.39 is 5.60 Å². The molecule has 1 heterocycles. The smallest absolute Gasteiger partial charge is 0.267 e. The van der Waals surface area contributed by atoms with Crippen LogP contribution in [0, 0.1) is 5.41 Å². The van der Waals surface area contributed by atoms with Crippen LogP contribution in [-0.4, -0.2) is 33.9 Å². The maximum Gasteiger partial charge on any atom is 0.267 e.